The standard InChI is InChI=1S/C13H12F3N3O.2C2H6/c1-7-12(18-5-4-11(17)19-7)9-3-2-8(6-10(9)20)13(14,15)16;2*1-2/h2-4,6,20H,5,17H2,1H3;2*1-2H3. The molecule has 0 radical (unpaired) electrons. The molecule has 0 unspecified atom stereocenters. The summed E-state index contributed by atoms with van der Waals surface area (Å²) in [7, 11) is 0. The van der Waals surface area contributed by atoms with Gasteiger partial charge in [0, 0.05) is 5.56 Å². The highest BCUT2D eigenvalue weighted by molar-refractivity contribution is 6.48. The zero-order chi connectivity index (χ0) is 18.9. The summed E-state index contributed by atoms with van der Waals surface area (Å²) in [6.07, 6.45) is -2.92. The molecule has 0 aromatic heterocycles. The van der Waals surface area contributed by atoms with E-state index in [1.54, 1.807) is 13.0 Å². The number of phenols is 1. The summed E-state index contributed by atoms with van der Waals surface area (Å²) in [5.41, 5.74) is 5.62. The van der Waals surface area contributed by atoms with Crippen LogP contribution in [-0.2, 0) is 6.18 Å². The fourth-order valence-corrected chi connectivity index (χ4v) is 1.83. The third-order valence-corrected chi connectivity index (χ3v) is 2.77. The second-order valence-electron chi connectivity index (χ2n) is 4.25. The van der Waals surface area contributed by atoms with Crippen molar-refractivity contribution in [2.24, 2.45) is 15.7 Å². The topological polar surface area (TPSA) is 71.0 Å². The van der Waals surface area contributed by atoms with Crippen molar-refractivity contribution in [2.45, 2.75) is 40.8 Å². The highest BCUT2D eigenvalue weighted by Gasteiger charge is 2.31. The van der Waals surface area contributed by atoms with Crippen molar-refractivity contribution in [3.05, 3.63) is 41.2 Å². The first kappa shape index (κ1) is 21.7. The van der Waals surface area contributed by atoms with Gasteiger partial charge in [-0.25, -0.2) is 4.99 Å². The van der Waals surface area contributed by atoms with Crippen LogP contribution >= 0.6 is 0 Å². The molecule has 0 saturated carbocycles. The molecule has 0 bridgehead atoms. The molecule has 0 fully saturated rings. The molecule has 0 amide bonds. The lowest BCUT2D eigenvalue weighted by Crippen LogP contribution is -2.14. The van der Waals surface area contributed by atoms with Crippen LogP contribution in [0, 0.1) is 0 Å². The van der Waals surface area contributed by atoms with E-state index < -0.39 is 17.5 Å². The number of hydrogen-bond donors (Lipinski definition) is 2. The van der Waals surface area contributed by atoms with Crippen LogP contribution in [0.3, 0.4) is 0 Å². The Morgan fingerprint density at radius 2 is 1.71 bits per heavy atom. The highest BCUT2D eigenvalue weighted by Crippen LogP contribution is 2.33. The molecule has 1 aromatic rings. The zero-order valence-corrected chi connectivity index (χ0v) is 14.6. The van der Waals surface area contributed by atoms with Crippen LogP contribution < -0.4 is 5.73 Å². The van der Waals surface area contributed by atoms with Gasteiger partial charge in [-0.1, -0.05) is 27.7 Å². The minimum atomic E-state index is -4.50. The Balaban J connectivity index is 0.00000123. The predicted molar refractivity (Wildman–Crippen MR) is 92.6 cm³/mol. The van der Waals surface area contributed by atoms with Crippen molar-refractivity contribution in [3.63, 3.8) is 0 Å². The molecule has 134 valence electrons. The third kappa shape index (κ3) is 5.72. The Bertz CT molecular complexity index is 632. The fourth-order valence-electron chi connectivity index (χ4n) is 1.83. The van der Waals surface area contributed by atoms with Crippen molar-refractivity contribution in [3.8, 4) is 5.75 Å². The van der Waals surface area contributed by atoms with Gasteiger partial charge in [0.2, 0.25) is 0 Å². The Morgan fingerprint density at radius 1 is 1.12 bits per heavy atom. The van der Waals surface area contributed by atoms with Crippen molar-refractivity contribution in [2.75, 3.05) is 6.54 Å². The molecule has 4 nitrogen and oxygen atoms in total. The maximum Gasteiger partial charge on any atom is 0.416 e. The first-order valence-electron chi connectivity index (χ1n) is 7.75. The van der Waals surface area contributed by atoms with E-state index in [2.05, 4.69) is 9.98 Å². The SMILES string of the molecule is CC.CC.CC1=NC(N)=CCN=C1c1ccc(C(F)(F)F)cc1O. The van der Waals surface area contributed by atoms with Gasteiger partial charge in [0.05, 0.1) is 23.5 Å². The molecule has 7 heteroatoms. The van der Waals surface area contributed by atoms with Crippen LogP contribution in [0.25, 0.3) is 0 Å². The van der Waals surface area contributed by atoms with Gasteiger partial charge in [-0.2, -0.15) is 13.2 Å². The van der Waals surface area contributed by atoms with Gasteiger partial charge >= 0.3 is 6.18 Å². The van der Waals surface area contributed by atoms with Crippen LogP contribution in [-0.4, -0.2) is 23.1 Å². The van der Waals surface area contributed by atoms with E-state index in [0.29, 0.717) is 17.5 Å². The lowest BCUT2D eigenvalue weighted by atomic mass is 10.0. The summed E-state index contributed by atoms with van der Waals surface area (Å²) in [5, 5.41) is 9.80. The summed E-state index contributed by atoms with van der Waals surface area (Å²) in [6, 6.07) is 2.75. The van der Waals surface area contributed by atoms with Crippen molar-refractivity contribution < 1.29 is 18.3 Å². The average Bonchev–Trinajstić information content (AvgIpc) is 2.71. The molecule has 1 aliphatic rings. The first-order chi connectivity index (χ1) is 11.3. The number of alkyl halides is 3. The highest BCUT2D eigenvalue weighted by atomic mass is 19.4. The molecule has 0 aliphatic carbocycles. The fraction of sp³-hybridized carbons (Fsp3) is 0.412. The Morgan fingerprint density at radius 3 is 2.21 bits per heavy atom. The van der Waals surface area contributed by atoms with E-state index in [4.69, 9.17) is 5.73 Å². The minimum absolute atomic E-state index is 0.197. The van der Waals surface area contributed by atoms with Crippen molar-refractivity contribution in [1.82, 2.24) is 0 Å². The van der Waals surface area contributed by atoms with Crippen LogP contribution in [0.2, 0.25) is 0 Å². The smallest absolute Gasteiger partial charge is 0.416 e. The summed E-state index contributed by atoms with van der Waals surface area (Å²) >= 11 is 0. The van der Waals surface area contributed by atoms with E-state index in [0.717, 1.165) is 6.07 Å². The van der Waals surface area contributed by atoms with Crippen LogP contribution in [0.5, 0.6) is 5.75 Å². The van der Waals surface area contributed by atoms with Gasteiger partial charge in [-0.3, -0.25) is 4.99 Å². The number of halogens is 3. The number of nitrogens with zero attached hydrogens (tertiary/aromatic N) is 2. The Kier molecular flexibility index (Phi) is 8.81. The number of hydrogen-bond acceptors (Lipinski definition) is 4. The van der Waals surface area contributed by atoms with Crippen molar-refractivity contribution in [1.29, 1.82) is 0 Å². The first-order valence-corrected chi connectivity index (χ1v) is 7.75. The average molecular weight is 343 g/mol. The summed E-state index contributed by atoms with van der Waals surface area (Å²) in [5.74, 6) is -0.207. The van der Waals surface area contributed by atoms with Gasteiger partial charge in [0.15, 0.2) is 0 Å². The van der Waals surface area contributed by atoms with E-state index in [1.165, 1.54) is 6.07 Å². The lowest BCUT2D eigenvalue weighted by Gasteiger charge is -2.11. The van der Waals surface area contributed by atoms with Gasteiger partial charge in [-0.05, 0) is 31.2 Å². The van der Waals surface area contributed by atoms with Crippen LogP contribution in [0.1, 0.15) is 45.7 Å². The Hall–Kier alpha value is -2.31. The molecule has 1 aliphatic heterocycles. The number of rotatable bonds is 1. The molecule has 0 spiro atoms. The van der Waals surface area contributed by atoms with E-state index in [9.17, 15) is 18.3 Å². The summed E-state index contributed by atoms with van der Waals surface area (Å²) in [6.45, 7) is 9.88. The molecule has 24 heavy (non-hydrogen) atoms. The number of benzene rings is 1. The monoisotopic (exact) mass is 343 g/mol. The van der Waals surface area contributed by atoms with Gasteiger partial charge in [-0.15, -0.1) is 0 Å². The molecule has 3 N–H and O–H groups in total. The Labute approximate surface area is 140 Å². The van der Waals surface area contributed by atoms with E-state index in [1.807, 2.05) is 27.7 Å². The number of aromatic hydroxyl groups is 1. The quantitative estimate of drug-likeness (QED) is 0.786. The second-order valence-corrected chi connectivity index (χ2v) is 4.25. The van der Waals surface area contributed by atoms with E-state index >= 15 is 0 Å². The van der Waals surface area contributed by atoms with Crippen LogP contribution in [0.4, 0.5) is 13.2 Å². The normalized spacial score (nSPS) is 13.9. The van der Waals surface area contributed by atoms with Crippen molar-refractivity contribution >= 4 is 11.4 Å². The maximum atomic E-state index is 12.5. The van der Waals surface area contributed by atoms with Crippen LogP contribution in [0.15, 0.2) is 40.1 Å². The maximum absolute atomic E-state index is 12.5. The summed E-state index contributed by atoms with van der Waals surface area (Å²) < 4.78 is 37.6. The number of nitrogens with two attached hydrogens (primary N) is 1. The second kappa shape index (κ2) is 9.75. The number of aliphatic imine (C=N–C) groups is 2. The third-order valence-electron chi connectivity index (χ3n) is 2.77. The van der Waals surface area contributed by atoms with Gasteiger partial charge in [0.25, 0.3) is 0 Å². The zero-order valence-electron chi connectivity index (χ0n) is 14.6. The molecule has 1 aromatic carbocycles. The van der Waals surface area contributed by atoms with Gasteiger partial charge in [0.1, 0.15) is 11.6 Å². The largest absolute Gasteiger partial charge is 0.507 e. The lowest BCUT2D eigenvalue weighted by molar-refractivity contribution is -0.137. The molecule has 2 rings (SSSR count). The molecule has 0 atom stereocenters. The molecular formula is C17H24F3N3O. The predicted octanol–water partition coefficient (Wildman–Crippen LogP) is 4.53. The number of phenolic OH excluding ortho intramolecular Hbond substituents is 1. The minimum Gasteiger partial charge on any atom is -0.507 e. The van der Waals surface area contributed by atoms with E-state index in [-0.39, 0.29) is 17.9 Å². The van der Waals surface area contributed by atoms with Gasteiger partial charge < -0.3 is 10.8 Å². The molecule has 0 saturated heterocycles. The summed E-state index contributed by atoms with van der Waals surface area (Å²) in [4.78, 5) is 8.20. The molecule has 1 heterocycles. The molecular weight excluding hydrogens is 319 g/mol.